The number of hydrogen-bond donors (Lipinski definition) is 0. The highest BCUT2D eigenvalue weighted by molar-refractivity contribution is 5.75. The van der Waals surface area contributed by atoms with Crippen LogP contribution in [0.5, 0.6) is 0 Å². The average molecular weight is 364 g/mol. The van der Waals surface area contributed by atoms with Crippen molar-refractivity contribution in [3.05, 3.63) is 60.3 Å². The van der Waals surface area contributed by atoms with Gasteiger partial charge in [-0.15, -0.1) is 0 Å². The molecule has 138 valence electrons. The van der Waals surface area contributed by atoms with Gasteiger partial charge < -0.3 is 9.13 Å². The molecule has 0 saturated carbocycles. The van der Waals surface area contributed by atoms with Crippen LogP contribution in [-0.2, 0) is 13.1 Å². The van der Waals surface area contributed by atoms with Crippen molar-refractivity contribution >= 4 is 11.0 Å². The second-order valence-corrected chi connectivity index (χ2v) is 6.77. The molecule has 4 heterocycles. The molecule has 0 aromatic carbocycles. The van der Waals surface area contributed by atoms with Crippen molar-refractivity contribution in [2.75, 3.05) is 0 Å². The lowest BCUT2D eigenvalue weighted by atomic mass is 10.1. The smallest absolute Gasteiger partial charge is 0.159 e. The number of rotatable bonds is 5. The number of aryl methyl sites for hydroxylation is 1. The summed E-state index contributed by atoms with van der Waals surface area (Å²) in [5.74, 6) is 1.61. The predicted molar refractivity (Wildman–Crippen MR) is 102 cm³/mol. The summed E-state index contributed by atoms with van der Waals surface area (Å²) in [4.78, 5) is 17.8. The van der Waals surface area contributed by atoms with E-state index in [4.69, 9.17) is 4.98 Å². The topological polar surface area (TPSA) is 61.4 Å². The van der Waals surface area contributed by atoms with Crippen LogP contribution in [0.1, 0.15) is 38.2 Å². The van der Waals surface area contributed by atoms with Gasteiger partial charge in [-0.3, -0.25) is 4.98 Å². The summed E-state index contributed by atoms with van der Waals surface area (Å²) >= 11 is 0. The van der Waals surface area contributed by atoms with E-state index < -0.39 is 0 Å². The molecule has 0 amide bonds. The molecule has 0 radical (unpaired) electrons. The van der Waals surface area contributed by atoms with Crippen LogP contribution in [0.15, 0.2) is 43.0 Å². The van der Waals surface area contributed by atoms with Gasteiger partial charge >= 0.3 is 0 Å². The fourth-order valence-electron chi connectivity index (χ4n) is 3.21. The van der Waals surface area contributed by atoms with Crippen LogP contribution in [0.25, 0.3) is 22.6 Å². The number of pyridine rings is 2. The third-order valence-corrected chi connectivity index (χ3v) is 4.63. The van der Waals surface area contributed by atoms with E-state index in [1.54, 1.807) is 12.3 Å². The number of aromatic nitrogens is 6. The molecule has 0 fully saturated rings. The fourth-order valence-corrected chi connectivity index (χ4v) is 3.21. The van der Waals surface area contributed by atoms with Crippen LogP contribution < -0.4 is 0 Å². The van der Waals surface area contributed by atoms with Crippen LogP contribution in [0, 0.1) is 5.82 Å². The summed E-state index contributed by atoms with van der Waals surface area (Å²) < 4.78 is 17.3. The van der Waals surface area contributed by atoms with Gasteiger partial charge in [0.05, 0.1) is 24.5 Å². The van der Waals surface area contributed by atoms with Crippen LogP contribution in [0.4, 0.5) is 4.39 Å². The molecule has 0 saturated heterocycles. The molecule has 0 atom stereocenters. The lowest BCUT2D eigenvalue weighted by Gasteiger charge is -2.10. The SMILES string of the molecule is CCn1c(Cn2ccnc2-c2ccc(F)cn2)nc2cnc(C(C)C)cc21. The normalized spacial score (nSPS) is 11.6. The first kappa shape index (κ1) is 17.3. The molecule has 0 aliphatic heterocycles. The van der Waals surface area contributed by atoms with Crippen molar-refractivity contribution in [3.63, 3.8) is 0 Å². The molecule has 27 heavy (non-hydrogen) atoms. The Morgan fingerprint density at radius 3 is 2.67 bits per heavy atom. The second kappa shape index (κ2) is 6.90. The van der Waals surface area contributed by atoms with Gasteiger partial charge in [-0.05, 0) is 31.0 Å². The molecule has 0 bridgehead atoms. The van der Waals surface area contributed by atoms with Gasteiger partial charge in [0, 0.05) is 24.6 Å². The molecule has 4 rings (SSSR count). The Bertz CT molecular complexity index is 1080. The quantitative estimate of drug-likeness (QED) is 0.537. The minimum atomic E-state index is -0.363. The molecule has 6 nitrogen and oxygen atoms in total. The summed E-state index contributed by atoms with van der Waals surface area (Å²) in [5, 5.41) is 0. The Morgan fingerprint density at radius 1 is 1.11 bits per heavy atom. The zero-order chi connectivity index (χ0) is 19.0. The molecular formula is C20H21FN6. The molecule has 0 aliphatic rings. The van der Waals surface area contributed by atoms with Gasteiger partial charge in [-0.2, -0.15) is 0 Å². The van der Waals surface area contributed by atoms with E-state index in [-0.39, 0.29) is 5.82 Å². The van der Waals surface area contributed by atoms with Gasteiger partial charge in [-0.25, -0.2) is 19.3 Å². The van der Waals surface area contributed by atoms with Crippen LogP contribution in [0.2, 0.25) is 0 Å². The third-order valence-electron chi connectivity index (χ3n) is 4.63. The van der Waals surface area contributed by atoms with Crippen molar-refractivity contribution in [2.45, 2.75) is 39.8 Å². The van der Waals surface area contributed by atoms with Crippen molar-refractivity contribution < 1.29 is 4.39 Å². The van der Waals surface area contributed by atoms with Gasteiger partial charge in [0.15, 0.2) is 5.82 Å². The van der Waals surface area contributed by atoms with Gasteiger partial charge in [-0.1, -0.05) is 13.8 Å². The first-order valence-electron chi connectivity index (χ1n) is 9.05. The maximum absolute atomic E-state index is 13.2. The number of imidazole rings is 2. The van der Waals surface area contributed by atoms with Crippen LogP contribution in [-0.4, -0.2) is 29.1 Å². The Labute approximate surface area is 156 Å². The average Bonchev–Trinajstić information content (AvgIpc) is 3.25. The Hall–Kier alpha value is -3.09. The van der Waals surface area contributed by atoms with Crippen LogP contribution in [0.3, 0.4) is 0 Å². The highest BCUT2D eigenvalue weighted by atomic mass is 19.1. The molecule has 4 aromatic rings. The van der Waals surface area contributed by atoms with Crippen LogP contribution >= 0.6 is 0 Å². The van der Waals surface area contributed by atoms with E-state index in [0.717, 1.165) is 29.1 Å². The van der Waals surface area contributed by atoms with E-state index in [2.05, 4.69) is 46.4 Å². The van der Waals surface area contributed by atoms with Crippen molar-refractivity contribution in [2.24, 2.45) is 0 Å². The summed E-state index contributed by atoms with van der Waals surface area (Å²) in [6.07, 6.45) is 6.65. The summed E-state index contributed by atoms with van der Waals surface area (Å²) in [5.41, 5.74) is 3.66. The van der Waals surface area contributed by atoms with E-state index in [9.17, 15) is 4.39 Å². The Morgan fingerprint density at radius 2 is 1.96 bits per heavy atom. The number of nitrogens with zero attached hydrogens (tertiary/aromatic N) is 6. The van der Waals surface area contributed by atoms with E-state index in [0.29, 0.717) is 24.0 Å². The van der Waals surface area contributed by atoms with Crippen molar-refractivity contribution in [3.8, 4) is 11.5 Å². The van der Waals surface area contributed by atoms with Crippen molar-refractivity contribution in [1.29, 1.82) is 0 Å². The molecular weight excluding hydrogens is 343 g/mol. The monoisotopic (exact) mass is 364 g/mol. The third kappa shape index (κ3) is 3.20. The first-order chi connectivity index (χ1) is 13.1. The largest absolute Gasteiger partial charge is 0.327 e. The van der Waals surface area contributed by atoms with E-state index in [1.807, 2.05) is 17.0 Å². The summed E-state index contributed by atoms with van der Waals surface area (Å²) in [6, 6.07) is 5.15. The van der Waals surface area contributed by atoms with E-state index >= 15 is 0 Å². The minimum Gasteiger partial charge on any atom is -0.327 e. The first-order valence-corrected chi connectivity index (χ1v) is 9.05. The molecule has 7 heteroatoms. The maximum Gasteiger partial charge on any atom is 0.159 e. The van der Waals surface area contributed by atoms with Gasteiger partial charge in [0.25, 0.3) is 0 Å². The predicted octanol–water partition coefficient (Wildman–Crippen LogP) is 4.02. The molecule has 0 spiro atoms. The van der Waals surface area contributed by atoms with Gasteiger partial charge in [0.1, 0.15) is 22.9 Å². The van der Waals surface area contributed by atoms with Crippen molar-refractivity contribution in [1.82, 2.24) is 29.1 Å². The molecule has 0 unspecified atom stereocenters. The zero-order valence-corrected chi connectivity index (χ0v) is 15.6. The summed E-state index contributed by atoms with van der Waals surface area (Å²) in [7, 11) is 0. The molecule has 0 aliphatic carbocycles. The number of hydrogen-bond acceptors (Lipinski definition) is 4. The minimum absolute atomic E-state index is 0.363. The Kier molecular flexibility index (Phi) is 4.43. The highest BCUT2D eigenvalue weighted by Gasteiger charge is 2.15. The molecule has 4 aromatic heterocycles. The fraction of sp³-hybridized carbons (Fsp3) is 0.300. The van der Waals surface area contributed by atoms with Gasteiger partial charge in [0.2, 0.25) is 0 Å². The second-order valence-electron chi connectivity index (χ2n) is 6.77. The lowest BCUT2D eigenvalue weighted by molar-refractivity contribution is 0.621. The highest BCUT2D eigenvalue weighted by Crippen LogP contribution is 2.22. The standard InChI is InChI=1S/C20H21FN6/c1-4-27-18-9-16(13(2)3)24-11-17(18)25-19(27)12-26-8-7-22-20(26)15-6-5-14(21)10-23-15/h5-11,13H,4,12H2,1-3H3. The maximum atomic E-state index is 13.2. The number of fused-ring (bicyclic) bond motifs is 1. The Balaban J connectivity index is 1.74. The number of halogens is 1. The van der Waals surface area contributed by atoms with E-state index in [1.165, 1.54) is 12.3 Å². The summed E-state index contributed by atoms with van der Waals surface area (Å²) in [6.45, 7) is 7.74. The lowest BCUT2D eigenvalue weighted by Crippen LogP contribution is -2.09. The molecule has 0 N–H and O–H groups in total. The zero-order valence-electron chi connectivity index (χ0n) is 15.6.